The van der Waals surface area contributed by atoms with E-state index in [1.807, 2.05) is 36.4 Å². The van der Waals surface area contributed by atoms with Crippen molar-refractivity contribution in [2.75, 3.05) is 0 Å². The van der Waals surface area contributed by atoms with E-state index >= 15 is 0 Å². The highest BCUT2D eigenvalue weighted by atomic mass is 79.9. The van der Waals surface area contributed by atoms with E-state index in [4.69, 9.17) is 9.15 Å². The number of ether oxygens (including phenoxy) is 1. The van der Waals surface area contributed by atoms with E-state index in [0.717, 1.165) is 20.7 Å². The Morgan fingerprint density at radius 3 is 2.33 bits per heavy atom. The lowest BCUT2D eigenvalue weighted by molar-refractivity contribution is 0.267. The maximum absolute atomic E-state index is 5.52. The van der Waals surface area contributed by atoms with Crippen molar-refractivity contribution < 1.29 is 9.15 Å². The fraction of sp³-hybridized carbons (Fsp3) is 0.0909. The van der Waals surface area contributed by atoms with Crippen LogP contribution in [0.1, 0.15) is 5.76 Å². The Morgan fingerprint density at radius 1 is 1.00 bits per heavy atom. The van der Waals surface area contributed by atoms with Gasteiger partial charge in [-0.2, -0.15) is 0 Å². The molecule has 0 aliphatic rings. The molecular formula is C11H8Br2O2. The van der Waals surface area contributed by atoms with Crippen LogP contribution in [0.3, 0.4) is 0 Å². The average Bonchev–Trinajstić information content (AvgIpc) is 2.64. The van der Waals surface area contributed by atoms with E-state index in [1.165, 1.54) is 0 Å². The molecule has 78 valence electrons. The zero-order valence-electron chi connectivity index (χ0n) is 7.74. The molecule has 0 radical (unpaired) electrons. The summed E-state index contributed by atoms with van der Waals surface area (Å²) in [6.45, 7) is 0.438. The summed E-state index contributed by atoms with van der Waals surface area (Å²) in [6.07, 6.45) is 0. The quantitative estimate of drug-likeness (QED) is 0.832. The summed E-state index contributed by atoms with van der Waals surface area (Å²) in [7, 11) is 0. The monoisotopic (exact) mass is 330 g/mol. The van der Waals surface area contributed by atoms with Crippen LogP contribution in [0.4, 0.5) is 0 Å². The molecule has 0 fully saturated rings. The van der Waals surface area contributed by atoms with Crippen LogP contribution in [0.25, 0.3) is 0 Å². The Hall–Kier alpha value is -0.740. The number of furan rings is 1. The summed E-state index contributed by atoms with van der Waals surface area (Å²) in [5.41, 5.74) is 0. The minimum absolute atomic E-state index is 0.438. The lowest BCUT2D eigenvalue weighted by Gasteiger charge is -2.03. The molecule has 0 spiro atoms. The molecule has 0 N–H and O–H groups in total. The minimum Gasteiger partial charge on any atom is -0.486 e. The number of hydrogen-bond donors (Lipinski definition) is 0. The van der Waals surface area contributed by atoms with E-state index in [-0.39, 0.29) is 0 Å². The molecule has 0 bridgehead atoms. The van der Waals surface area contributed by atoms with Gasteiger partial charge in [-0.15, -0.1) is 0 Å². The smallest absolute Gasteiger partial charge is 0.169 e. The molecule has 2 nitrogen and oxygen atoms in total. The van der Waals surface area contributed by atoms with Crippen LogP contribution in [0.5, 0.6) is 5.75 Å². The summed E-state index contributed by atoms with van der Waals surface area (Å²) in [4.78, 5) is 0. The van der Waals surface area contributed by atoms with Crippen molar-refractivity contribution in [3.63, 3.8) is 0 Å². The number of halogens is 2. The molecule has 1 aromatic carbocycles. The van der Waals surface area contributed by atoms with Gasteiger partial charge in [0.05, 0.1) is 0 Å². The van der Waals surface area contributed by atoms with E-state index in [0.29, 0.717) is 6.61 Å². The molecule has 0 saturated carbocycles. The van der Waals surface area contributed by atoms with Crippen LogP contribution in [0.2, 0.25) is 0 Å². The largest absolute Gasteiger partial charge is 0.486 e. The lowest BCUT2D eigenvalue weighted by Crippen LogP contribution is -1.92. The second-order valence-electron chi connectivity index (χ2n) is 2.95. The molecule has 4 heteroatoms. The maximum Gasteiger partial charge on any atom is 0.169 e. The van der Waals surface area contributed by atoms with Gasteiger partial charge in [-0.05, 0) is 52.3 Å². The second kappa shape index (κ2) is 4.86. The Morgan fingerprint density at radius 2 is 1.73 bits per heavy atom. The van der Waals surface area contributed by atoms with Gasteiger partial charge in [0.15, 0.2) is 4.67 Å². The van der Waals surface area contributed by atoms with Crippen molar-refractivity contribution in [2.45, 2.75) is 6.61 Å². The van der Waals surface area contributed by atoms with Crippen LogP contribution in [-0.2, 0) is 6.61 Å². The molecule has 15 heavy (non-hydrogen) atoms. The van der Waals surface area contributed by atoms with E-state index in [9.17, 15) is 0 Å². The fourth-order valence-electron chi connectivity index (χ4n) is 1.11. The van der Waals surface area contributed by atoms with E-state index in [2.05, 4.69) is 31.9 Å². The number of hydrogen-bond acceptors (Lipinski definition) is 2. The average molecular weight is 332 g/mol. The molecule has 1 heterocycles. The predicted octanol–water partition coefficient (Wildman–Crippen LogP) is 4.38. The summed E-state index contributed by atoms with van der Waals surface area (Å²) in [5, 5.41) is 0. The van der Waals surface area contributed by atoms with Gasteiger partial charge in [0.1, 0.15) is 18.1 Å². The summed E-state index contributed by atoms with van der Waals surface area (Å²) in [5.74, 6) is 1.62. The first kappa shape index (κ1) is 10.8. The van der Waals surface area contributed by atoms with Gasteiger partial charge in [0, 0.05) is 4.47 Å². The second-order valence-corrected chi connectivity index (χ2v) is 4.65. The van der Waals surface area contributed by atoms with E-state index < -0.39 is 0 Å². The van der Waals surface area contributed by atoms with Crippen LogP contribution in [0, 0.1) is 0 Å². The highest BCUT2D eigenvalue weighted by molar-refractivity contribution is 9.10. The molecule has 0 atom stereocenters. The molecule has 2 rings (SSSR count). The molecule has 2 aromatic rings. The third-order valence-electron chi connectivity index (χ3n) is 1.82. The highest BCUT2D eigenvalue weighted by Crippen LogP contribution is 2.19. The van der Waals surface area contributed by atoms with E-state index in [1.54, 1.807) is 0 Å². The van der Waals surface area contributed by atoms with Crippen molar-refractivity contribution in [1.82, 2.24) is 0 Å². The van der Waals surface area contributed by atoms with Gasteiger partial charge in [-0.25, -0.2) is 0 Å². The standard InChI is InChI=1S/C11H8Br2O2/c12-8-1-3-9(4-2-8)14-7-10-5-6-11(13)15-10/h1-6H,7H2. The summed E-state index contributed by atoms with van der Waals surface area (Å²) in [6, 6.07) is 11.4. The Balaban J connectivity index is 1.96. The summed E-state index contributed by atoms with van der Waals surface area (Å²) < 4.78 is 12.6. The number of benzene rings is 1. The first-order valence-corrected chi connectivity index (χ1v) is 5.95. The summed E-state index contributed by atoms with van der Waals surface area (Å²) >= 11 is 6.60. The molecule has 0 amide bonds. The predicted molar refractivity (Wildman–Crippen MR) is 64.9 cm³/mol. The highest BCUT2D eigenvalue weighted by Gasteiger charge is 2.00. The van der Waals surface area contributed by atoms with Crippen molar-refractivity contribution >= 4 is 31.9 Å². The van der Waals surface area contributed by atoms with Gasteiger partial charge in [0.25, 0.3) is 0 Å². The molecular weight excluding hydrogens is 324 g/mol. The van der Waals surface area contributed by atoms with Crippen molar-refractivity contribution in [1.29, 1.82) is 0 Å². The Bertz CT molecular complexity index is 434. The Labute approximate surface area is 104 Å². The first-order valence-electron chi connectivity index (χ1n) is 4.36. The van der Waals surface area contributed by atoms with Gasteiger partial charge >= 0.3 is 0 Å². The van der Waals surface area contributed by atoms with Gasteiger partial charge < -0.3 is 9.15 Å². The van der Waals surface area contributed by atoms with Crippen molar-refractivity contribution in [3.05, 3.63) is 51.3 Å². The number of rotatable bonds is 3. The van der Waals surface area contributed by atoms with Crippen LogP contribution < -0.4 is 4.74 Å². The molecule has 0 saturated heterocycles. The third kappa shape index (κ3) is 3.11. The van der Waals surface area contributed by atoms with Crippen molar-refractivity contribution in [2.24, 2.45) is 0 Å². The lowest BCUT2D eigenvalue weighted by atomic mass is 10.3. The minimum atomic E-state index is 0.438. The third-order valence-corrected chi connectivity index (χ3v) is 2.78. The molecule has 0 unspecified atom stereocenters. The SMILES string of the molecule is Brc1ccc(OCc2ccc(Br)o2)cc1. The van der Waals surface area contributed by atoms with Crippen LogP contribution >= 0.6 is 31.9 Å². The van der Waals surface area contributed by atoms with Gasteiger partial charge in [0.2, 0.25) is 0 Å². The first-order chi connectivity index (χ1) is 7.24. The molecule has 0 aliphatic heterocycles. The van der Waals surface area contributed by atoms with Crippen molar-refractivity contribution in [3.8, 4) is 5.75 Å². The normalized spacial score (nSPS) is 10.3. The fourth-order valence-corrected chi connectivity index (χ4v) is 1.72. The zero-order valence-corrected chi connectivity index (χ0v) is 10.9. The van der Waals surface area contributed by atoms with Crippen LogP contribution in [0.15, 0.2) is 50.0 Å². The van der Waals surface area contributed by atoms with Gasteiger partial charge in [-0.1, -0.05) is 15.9 Å². The maximum atomic E-state index is 5.52. The van der Waals surface area contributed by atoms with Crippen LogP contribution in [-0.4, -0.2) is 0 Å². The molecule has 0 aliphatic carbocycles. The molecule has 1 aromatic heterocycles. The Kier molecular flexibility index (Phi) is 3.49. The van der Waals surface area contributed by atoms with Gasteiger partial charge in [-0.3, -0.25) is 0 Å². The topological polar surface area (TPSA) is 22.4 Å². The zero-order chi connectivity index (χ0) is 10.7.